The van der Waals surface area contributed by atoms with Crippen LogP contribution >= 0.6 is 11.8 Å². The summed E-state index contributed by atoms with van der Waals surface area (Å²) < 4.78 is 18.5. The summed E-state index contributed by atoms with van der Waals surface area (Å²) in [6.45, 7) is -0.278. The number of hydrogen-bond donors (Lipinski definition) is 0. The lowest BCUT2D eigenvalue weighted by molar-refractivity contribution is -0.147. The summed E-state index contributed by atoms with van der Waals surface area (Å²) in [6, 6.07) is 13.9. The monoisotopic (exact) mass is 373 g/mol. The summed E-state index contributed by atoms with van der Waals surface area (Å²) >= 11 is 1.64. The number of carbonyl (C=O) groups excluding carboxylic acids is 2. The maximum Gasteiger partial charge on any atom is 0.331 e. The van der Waals surface area contributed by atoms with Gasteiger partial charge in [-0.2, -0.15) is 0 Å². The number of esters is 1. The summed E-state index contributed by atoms with van der Waals surface area (Å²) in [5.41, 5.74) is 1.27. The molecule has 4 nitrogen and oxygen atoms in total. The van der Waals surface area contributed by atoms with E-state index in [2.05, 4.69) is 0 Å². The van der Waals surface area contributed by atoms with Crippen LogP contribution in [0.2, 0.25) is 0 Å². The number of likely N-dealkylation sites (N-methyl/N-ethyl adjacent to an activating group) is 1. The first kappa shape index (κ1) is 19.7. The Labute approximate surface area is 156 Å². The molecule has 1 amide bonds. The van der Waals surface area contributed by atoms with E-state index in [4.69, 9.17) is 4.74 Å². The van der Waals surface area contributed by atoms with Crippen molar-refractivity contribution in [3.63, 3.8) is 0 Å². The zero-order valence-corrected chi connectivity index (χ0v) is 15.5. The van der Waals surface area contributed by atoms with E-state index in [9.17, 15) is 14.0 Å². The van der Waals surface area contributed by atoms with Crippen molar-refractivity contribution >= 4 is 29.7 Å². The van der Waals surface area contributed by atoms with Crippen molar-refractivity contribution in [3.8, 4) is 0 Å². The molecule has 0 heterocycles. The highest BCUT2D eigenvalue weighted by Gasteiger charge is 2.13. The molecule has 0 aliphatic rings. The van der Waals surface area contributed by atoms with Gasteiger partial charge in [0.05, 0.1) is 0 Å². The topological polar surface area (TPSA) is 46.6 Å². The zero-order chi connectivity index (χ0) is 18.9. The number of rotatable bonds is 7. The highest BCUT2D eigenvalue weighted by molar-refractivity contribution is 7.98. The second-order valence-corrected chi connectivity index (χ2v) is 6.44. The molecular formula is C20H20FNO3S. The van der Waals surface area contributed by atoms with Crippen LogP contribution in [0.25, 0.3) is 6.08 Å². The molecule has 6 heteroatoms. The Kier molecular flexibility index (Phi) is 7.41. The molecule has 0 fully saturated rings. The van der Waals surface area contributed by atoms with Crippen molar-refractivity contribution in [3.05, 3.63) is 71.6 Å². The van der Waals surface area contributed by atoms with E-state index in [0.29, 0.717) is 5.56 Å². The Hall–Kier alpha value is -2.60. The van der Waals surface area contributed by atoms with E-state index in [1.807, 2.05) is 30.5 Å². The van der Waals surface area contributed by atoms with Crippen molar-refractivity contribution in [2.45, 2.75) is 11.4 Å². The van der Waals surface area contributed by atoms with Gasteiger partial charge in [-0.25, -0.2) is 9.18 Å². The minimum absolute atomic E-state index is 0.112. The molecule has 2 rings (SSSR count). The number of carbonyl (C=O) groups is 2. The van der Waals surface area contributed by atoms with Gasteiger partial charge in [-0.3, -0.25) is 4.79 Å². The van der Waals surface area contributed by atoms with E-state index >= 15 is 0 Å². The minimum atomic E-state index is -0.605. The van der Waals surface area contributed by atoms with Crippen LogP contribution in [0, 0.1) is 5.82 Å². The predicted octanol–water partition coefficient (Wildman–Crippen LogP) is 3.76. The van der Waals surface area contributed by atoms with E-state index in [-0.39, 0.29) is 19.0 Å². The summed E-state index contributed by atoms with van der Waals surface area (Å²) in [4.78, 5) is 26.2. The van der Waals surface area contributed by atoms with Gasteiger partial charge in [0.2, 0.25) is 0 Å². The first-order valence-corrected chi connectivity index (χ1v) is 9.18. The maximum absolute atomic E-state index is 13.6. The average Bonchev–Trinajstić information content (AvgIpc) is 2.66. The number of ether oxygens (including phenoxy) is 1. The second-order valence-electron chi connectivity index (χ2n) is 5.56. The summed E-state index contributed by atoms with van der Waals surface area (Å²) in [5, 5.41) is 0. The molecular weight excluding hydrogens is 353 g/mol. The normalized spacial score (nSPS) is 10.7. The fourth-order valence-corrected chi connectivity index (χ4v) is 2.55. The highest BCUT2D eigenvalue weighted by Crippen LogP contribution is 2.15. The molecule has 136 valence electrons. The van der Waals surface area contributed by atoms with E-state index in [1.165, 1.54) is 24.1 Å². The molecule has 0 N–H and O–H groups in total. The third-order valence-corrected chi connectivity index (χ3v) is 4.40. The van der Waals surface area contributed by atoms with Crippen LogP contribution < -0.4 is 0 Å². The Balaban J connectivity index is 1.81. The molecule has 0 aliphatic carbocycles. The van der Waals surface area contributed by atoms with Crippen molar-refractivity contribution in [1.82, 2.24) is 4.90 Å². The van der Waals surface area contributed by atoms with Gasteiger partial charge in [0.15, 0.2) is 6.61 Å². The van der Waals surface area contributed by atoms with Crippen LogP contribution in [-0.2, 0) is 20.9 Å². The first-order valence-electron chi connectivity index (χ1n) is 7.96. The molecule has 0 saturated heterocycles. The van der Waals surface area contributed by atoms with E-state index < -0.39 is 11.9 Å². The number of halogens is 1. The Morgan fingerprint density at radius 2 is 1.85 bits per heavy atom. The Morgan fingerprint density at radius 1 is 1.15 bits per heavy atom. The smallest absolute Gasteiger partial charge is 0.331 e. The molecule has 0 bridgehead atoms. The SMILES string of the molecule is CSc1ccc(/C=C/C(=O)OCC(=O)N(C)Cc2ccccc2F)cc1. The molecule has 0 aliphatic heterocycles. The third kappa shape index (κ3) is 6.04. The van der Waals surface area contributed by atoms with Gasteiger partial charge in [0.1, 0.15) is 5.82 Å². The quantitative estimate of drug-likeness (QED) is 0.421. The zero-order valence-electron chi connectivity index (χ0n) is 14.6. The van der Waals surface area contributed by atoms with Gasteiger partial charge < -0.3 is 9.64 Å². The average molecular weight is 373 g/mol. The Morgan fingerprint density at radius 3 is 2.50 bits per heavy atom. The van der Waals surface area contributed by atoms with Crippen LogP contribution in [0.4, 0.5) is 4.39 Å². The molecule has 2 aromatic rings. The number of amides is 1. The third-order valence-electron chi connectivity index (χ3n) is 3.66. The van der Waals surface area contributed by atoms with Crippen LogP contribution in [0.3, 0.4) is 0 Å². The highest BCUT2D eigenvalue weighted by atomic mass is 32.2. The lowest BCUT2D eigenvalue weighted by Gasteiger charge is -2.17. The minimum Gasteiger partial charge on any atom is -0.452 e. The van der Waals surface area contributed by atoms with Crippen LogP contribution in [-0.4, -0.2) is 36.7 Å². The number of thioether (sulfide) groups is 1. The largest absolute Gasteiger partial charge is 0.452 e. The van der Waals surface area contributed by atoms with Gasteiger partial charge in [-0.1, -0.05) is 30.3 Å². The van der Waals surface area contributed by atoms with E-state index in [1.54, 1.807) is 36.0 Å². The lowest BCUT2D eigenvalue weighted by Crippen LogP contribution is -2.30. The van der Waals surface area contributed by atoms with Gasteiger partial charge >= 0.3 is 5.97 Å². The van der Waals surface area contributed by atoms with Gasteiger partial charge in [-0.15, -0.1) is 11.8 Å². The lowest BCUT2D eigenvalue weighted by atomic mass is 10.2. The van der Waals surface area contributed by atoms with Gasteiger partial charge in [0, 0.05) is 30.1 Å². The molecule has 26 heavy (non-hydrogen) atoms. The van der Waals surface area contributed by atoms with E-state index in [0.717, 1.165) is 10.5 Å². The van der Waals surface area contributed by atoms with Gasteiger partial charge in [0.25, 0.3) is 5.91 Å². The van der Waals surface area contributed by atoms with Crippen molar-refractivity contribution in [1.29, 1.82) is 0 Å². The molecule has 0 unspecified atom stereocenters. The Bertz CT molecular complexity index is 790. The summed E-state index contributed by atoms with van der Waals surface area (Å²) in [7, 11) is 1.53. The van der Waals surface area contributed by atoms with Crippen LogP contribution in [0.5, 0.6) is 0 Å². The fourth-order valence-electron chi connectivity index (χ4n) is 2.14. The first-order chi connectivity index (χ1) is 12.5. The molecule has 0 radical (unpaired) electrons. The summed E-state index contributed by atoms with van der Waals surface area (Å²) in [6.07, 6.45) is 4.89. The van der Waals surface area contributed by atoms with Crippen LogP contribution in [0.15, 0.2) is 59.5 Å². The van der Waals surface area contributed by atoms with Gasteiger partial charge in [-0.05, 0) is 36.1 Å². The number of benzene rings is 2. The molecule has 0 aromatic heterocycles. The molecule has 0 atom stereocenters. The second kappa shape index (κ2) is 9.77. The number of hydrogen-bond acceptors (Lipinski definition) is 4. The fraction of sp³-hybridized carbons (Fsp3) is 0.200. The van der Waals surface area contributed by atoms with Crippen LogP contribution in [0.1, 0.15) is 11.1 Å². The molecule has 0 saturated carbocycles. The standard InChI is InChI=1S/C20H20FNO3S/c1-22(13-16-5-3-4-6-18(16)21)19(23)14-25-20(24)12-9-15-7-10-17(26-2)11-8-15/h3-12H,13-14H2,1-2H3/b12-9+. The van der Waals surface area contributed by atoms with Crippen molar-refractivity contribution in [2.24, 2.45) is 0 Å². The predicted molar refractivity (Wildman–Crippen MR) is 101 cm³/mol. The number of nitrogens with zero attached hydrogens (tertiary/aromatic N) is 1. The summed E-state index contributed by atoms with van der Waals surface area (Å²) in [5.74, 6) is -1.38. The van der Waals surface area contributed by atoms with Crippen molar-refractivity contribution in [2.75, 3.05) is 19.9 Å². The molecule has 2 aromatic carbocycles. The maximum atomic E-state index is 13.6. The molecule has 0 spiro atoms. The van der Waals surface area contributed by atoms with Crippen molar-refractivity contribution < 1.29 is 18.7 Å².